The Bertz CT molecular complexity index is 1020. The second-order valence-electron chi connectivity index (χ2n) is 5.90. The molecule has 0 unspecified atom stereocenters. The Labute approximate surface area is 167 Å². The van der Waals surface area contributed by atoms with Gasteiger partial charge in [0.05, 0.1) is 18.9 Å². The highest BCUT2D eigenvalue weighted by atomic mass is 32.1. The van der Waals surface area contributed by atoms with Gasteiger partial charge < -0.3 is 9.47 Å². The van der Waals surface area contributed by atoms with Gasteiger partial charge in [0.2, 0.25) is 4.77 Å². The number of ether oxygens (including phenoxy) is 2. The Morgan fingerprint density at radius 2 is 1.93 bits per heavy atom. The number of aromatic nitrogens is 3. The van der Waals surface area contributed by atoms with E-state index in [9.17, 15) is 4.79 Å². The van der Waals surface area contributed by atoms with Crippen molar-refractivity contribution in [2.24, 2.45) is 5.10 Å². The maximum atomic E-state index is 11.4. The molecule has 144 valence electrons. The van der Waals surface area contributed by atoms with Crippen molar-refractivity contribution in [3.8, 4) is 5.75 Å². The van der Waals surface area contributed by atoms with E-state index in [1.807, 2.05) is 43.3 Å². The van der Waals surface area contributed by atoms with E-state index in [0.29, 0.717) is 16.9 Å². The number of methoxy groups -OCH3 is 1. The fraction of sp³-hybridized carbons (Fsp3) is 0.200. The molecule has 2 aromatic carbocycles. The van der Waals surface area contributed by atoms with Crippen LogP contribution in [0.3, 0.4) is 0 Å². The second-order valence-corrected chi connectivity index (χ2v) is 6.29. The minimum absolute atomic E-state index is 0.354. The molecule has 7 nitrogen and oxygen atoms in total. The van der Waals surface area contributed by atoms with Crippen molar-refractivity contribution >= 4 is 24.4 Å². The molecule has 0 saturated carbocycles. The lowest BCUT2D eigenvalue weighted by atomic mass is 10.1. The summed E-state index contributed by atoms with van der Waals surface area (Å²) in [6.07, 6.45) is 2.46. The van der Waals surface area contributed by atoms with E-state index in [4.69, 9.17) is 17.0 Å². The molecule has 8 heteroatoms. The average molecular weight is 396 g/mol. The lowest BCUT2D eigenvalue weighted by Gasteiger charge is -2.07. The number of hydrogen-bond donors (Lipinski definition) is 1. The number of nitrogens with zero attached hydrogens (tertiary/aromatic N) is 3. The van der Waals surface area contributed by atoms with Crippen LogP contribution >= 0.6 is 12.2 Å². The fourth-order valence-corrected chi connectivity index (χ4v) is 2.67. The molecule has 0 bridgehead atoms. The van der Waals surface area contributed by atoms with Gasteiger partial charge in [0.1, 0.15) is 12.4 Å². The van der Waals surface area contributed by atoms with Gasteiger partial charge in [-0.25, -0.2) is 4.79 Å². The number of benzene rings is 2. The van der Waals surface area contributed by atoms with Crippen molar-refractivity contribution in [2.45, 2.75) is 20.0 Å². The van der Waals surface area contributed by atoms with E-state index in [-0.39, 0.29) is 5.97 Å². The zero-order valence-corrected chi connectivity index (χ0v) is 16.4. The van der Waals surface area contributed by atoms with Crippen LogP contribution in [0.15, 0.2) is 53.6 Å². The minimum atomic E-state index is -0.354. The van der Waals surface area contributed by atoms with Gasteiger partial charge in [-0.1, -0.05) is 19.1 Å². The molecule has 1 N–H and O–H groups in total. The molecule has 1 aromatic heterocycles. The number of aromatic amines is 1. The molecule has 0 radical (unpaired) electrons. The Kier molecular flexibility index (Phi) is 6.33. The molecule has 1 heterocycles. The van der Waals surface area contributed by atoms with Crippen molar-refractivity contribution < 1.29 is 14.3 Å². The number of carbonyl (C=O) groups excluding carboxylic acids is 1. The van der Waals surface area contributed by atoms with E-state index < -0.39 is 0 Å². The predicted molar refractivity (Wildman–Crippen MR) is 108 cm³/mol. The van der Waals surface area contributed by atoms with Crippen LogP contribution < -0.4 is 4.74 Å². The van der Waals surface area contributed by atoms with Crippen LogP contribution in [0.1, 0.15) is 34.2 Å². The third kappa shape index (κ3) is 4.72. The largest absolute Gasteiger partial charge is 0.489 e. The number of H-pyrrole nitrogens is 1. The lowest BCUT2D eigenvalue weighted by molar-refractivity contribution is 0.0600. The summed E-state index contributed by atoms with van der Waals surface area (Å²) in [5.74, 6) is 1.16. The summed E-state index contributed by atoms with van der Waals surface area (Å²) >= 11 is 5.17. The van der Waals surface area contributed by atoms with Gasteiger partial charge in [0.15, 0.2) is 5.82 Å². The molecule has 28 heavy (non-hydrogen) atoms. The minimum Gasteiger partial charge on any atom is -0.489 e. The van der Waals surface area contributed by atoms with Crippen LogP contribution in [-0.2, 0) is 17.8 Å². The fourth-order valence-electron chi connectivity index (χ4n) is 2.47. The molecule has 3 rings (SSSR count). The Balaban J connectivity index is 1.60. The topological polar surface area (TPSA) is 81.5 Å². The van der Waals surface area contributed by atoms with Crippen molar-refractivity contribution in [3.05, 3.63) is 75.8 Å². The summed E-state index contributed by atoms with van der Waals surface area (Å²) < 4.78 is 12.5. The normalized spacial score (nSPS) is 10.9. The van der Waals surface area contributed by atoms with Gasteiger partial charge in [0, 0.05) is 6.42 Å². The van der Waals surface area contributed by atoms with Gasteiger partial charge in [-0.15, -0.1) is 0 Å². The molecular formula is C20H20N4O3S. The van der Waals surface area contributed by atoms with Crippen LogP contribution in [0.2, 0.25) is 0 Å². The van der Waals surface area contributed by atoms with Crippen molar-refractivity contribution in [3.63, 3.8) is 0 Å². The van der Waals surface area contributed by atoms with E-state index in [1.54, 1.807) is 23.0 Å². The van der Waals surface area contributed by atoms with Gasteiger partial charge in [-0.05, 0) is 59.7 Å². The predicted octanol–water partition coefficient (Wildman–Crippen LogP) is 3.75. The summed E-state index contributed by atoms with van der Waals surface area (Å²) in [6.45, 7) is 2.39. The summed E-state index contributed by atoms with van der Waals surface area (Å²) in [6, 6.07) is 14.7. The number of nitrogens with one attached hydrogen (secondary N) is 1. The molecule has 0 aliphatic carbocycles. The summed E-state index contributed by atoms with van der Waals surface area (Å²) in [7, 11) is 1.36. The highest BCUT2D eigenvalue weighted by Crippen LogP contribution is 2.14. The maximum absolute atomic E-state index is 11.4. The molecule has 0 saturated heterocycles. The highest BCUT2D eigenvalue weighted by molar-refractivity contribution is 7.71. The first kappa shape index (κ1) is 19.5. The van der Waals surface area contributed by atoms with Crippen molar-refractivity contribution in [1.29, 1.82) is 0 Å². The van der Waals surface area contributed by atoms with Crippen LogP contribution in [0, 0.1) is 4.77 Å². The standard InChI is InChI=1S/C20H20N4O3S/c1-3-18-22-23-20(28)24(18)21-12-14-6-10-17(11-7-14)27-13-15-4-8-16(9-5-15)19(25)26-2/h4-12H,3,13H2,1-2H3,(H,23,28)/b21-12-. The summed E-state index contributed by atoms with van der Waals surface area (Å²) in [4.78, 5) is 11.4. The molecule has 0 fully saturated rings. The number of rotatable bonds is 7. The average Bonchev–Trinajstić information content (AvgIpc) is 3.10. The first-order chi connectivity index (χ1) is 13.6. The zero-order chi connectivity index (χ0) is 19.9. The number of esters is 1. The summed E-state index contributed by atoms with van der Waals surface area (Å²) in [5.41, 5.74) is 2.39. The number of carbonyl (C=O) groups is 1. The monoisotopic (exact) mass is 396 g/mol. The zero-order valence-electron chi connectivity index (χ0n) is 15.6. The summed E-state index contributed by atoms with van der Waals surface area (Å²) in [5, 5.41) is 11.2. The first-order valence-corrected chi connectivity index (χ1v) is 9.12. The molecule has 0 aliphatic rings. The van der Waals surface area contributed by atoms with Crippen LogP contribution in [0.4, 0.5) is 0 Å². The van der Waals surface area contributed by atoms with Crippen molar-refractivity contribution in [1.82, 2.24) is 14.9 Å². The quantitative estimate of drug-likeness (QED) is 0.374. The highest BCUT2D eigenvalue weighted by Gasteiger charge is 2.05. The Morgan fingerprint density at radius 1 is 1.21 bits per heavy atom. The third-order valence-corrected chi connectivity index (χ3v) is 4.28. The first-order valence-electron chi connectivity index (χ1n) is 8.71. The Morgan fingerprint density at radius 3 is 2.57 bits per heavy atom. The number of hydrogen-bond acceptors (Lipinski definition) is 6. The number of aryl methyl sites for hydroxylation is 1. The smallest absolute Gasteiger partial charge is 0.337 e. The van der Waals surface area contributed by atoms with Gasteiger partial charge in [0.25, 0.3) is 0 Å². The van der Waals surface area contributed by atoms with E-state index >= 15 is 0 Å². The molecule has 3 aromatic rings. The Hall–Kier alpha value is -3.26. The van der Waals surface area contributed by atoms with Crippen LogP contribution in [-0.4, -0.2) is 34.2 Å². The third-order valence-electron chi connectivity index (χ3n) is 4.02. The van der Waals surface area contributed by atoms with Gasteiger partial charge >= 0.3 is 5.97 Å². The van der Waals surface area contributed by atoms with E-state index in [1.165, 1.54) is 7.11 Å². The SMILES string of the molecule is CCc1n[nH]c(=S)n1/N=C\c1ccc(OCc2ccc(C(=O)OC)cc2)cc1. The molecule has 0 atom stereocenters. The maximum Gasteiger partial charge on any atom is 0.337 e. The van der Waals surface area contributed by atoms with E-state index in [0.717, 1.165) is 29.1 Å². The molecular weight excluding hydrogens is 376 g/mol. The van der Waals surface area contributed by atoms with Crippen LogP contribution in [0.25, 0.3) is 0 Å². The molecule has 0 spiro atoms. The van der Waals surface area contributed by atoms with E-state index in [2.05, 4.69) is 20.0 Å². The molecule has 0 amide bonds. The second kappa shape index (κ2) is 9.09. The lowest BCUT2D eigenvalue weighted by Crippen LogP contribution is -2.02. The van der Waals surface area contributed by atoms with Gasteiger partial charge in [-0.3, -0.25) is 5.10 Å². The van der Waals surface area contributed by atoms with Gasteiger partial charge in [-0.2, -0.15) is 14.9 Å². The van der Waals surface area contributed by atoms with Crippen molar-refractivity contribution in [2.75, 3.05) is 7.11 Å². The molecule has 0 aliphatic heterocycles. The van der Waals surface area contributed by atoms with Crippen LogP contribution in [0.5, 0.6) is 5.75 Å².